The Morgan fingerprint density at radius 2 is 1.73 bits per heavy atom. The molecule has 4 rings (SSSR count). The van der Waals surface area contributed by atoms with Gasteiger partial charge in [-0.2, -0.15) is 0 Å². The van der Waals surface area contributed by atoms with E-state index in [1.165, 1.54) is 36.4 Å². The first-order chi connectivity index (χ1) is 14.4. The highest BCUT2D eigenvalue weighted by Gasteiger charge is 2.36. The van der Waals surface area contributed by atoms with Gasteiger partial charge in [0.15, 0.2) is 0 Å². The number of nitrogens with one attached hydrogen (secondary N) is 1. The van der Waals surface area contributed by atoms with Crippen molar-refractivity contribution in [3.63, 3.8) is 0 Å². The molecule has 8 heteroatoms. The van der Waals surface area contributed by atoms with Gasteiger partial charge in [-0.25, -0.2) is 4.79 Å². The van der Waals surface area contributed by atoms with Gasteiger partial charge in [-0.3, -0.25) is 24.3 Å². The van der Waals surface area contributed by atoms with Crippen molar-refractivity contribution in [1.82, 2.24) is 9.88 Å². The molecule has 2 heterocycles. The maximum absolute atomic E-state index is 12.8. The highest BCUT2D eigenvalue weighted by Crippen LogP contribution is 2.26. The minimum Gasteiger partial charge on any atom is -0.478 e. The molecule has 8 nitrogen and oxygen atoms in total. The summed E-state index contributed by atoms with van der Waals surface area (Å²) in [6.07, 6.45) is 3.18. The number of anilines is 1. The topological polar surface area (TPSA) is 117 Å². The molecule has 3 amide bonds. The molecular formula is C22H15N3O5. The van der Waals surface area contributed by atoms with Gasteiger partial charge in [0.1, 0.15) is 0 Å². The van der Waals surface area contributed by atoms with E-state index in [0.717, 1.165) is 4.90 Å². The second-order valence-corrected chi connectivity index (χ2v) is 6.66. The monoisotopic (exact) mass is 401 g/mol. The third kappa shape index (κ3) is 3.53. The van der Waals surface area contributed by atoms with Gasteiger partial charge in [-0.05, 0) is 48.0 Å². The number of imide groups is 1. The highest BCUT2D eigenvalue weighted by molar-refractivity contribution is 6.22. The average Bonchev–Trinajstić information content (AvgIpc) is 2.99. The van der Waals surface area contributed by atoms with Crippen LogP contribution in [0, 0.1) is 0 Å². The molecule has 1 aromatic heterocycles. The second kappa shape index (κ2) is 7.59. The number of pyridine rings is 1. The molecule has 2 N–H and O–H groups in total. The number of carbonyl (C=O) groups is 4. The lowest BCUT2D eigenvalue weighted by atomic mass is 10.1. The van der Waals surface area contributed by atoms with E-state index in [0.29, 0.717) is 11.3 Å². The largest absolute Gasteiger partial charge is 0.478 e. The summed E-state index contributed by atoms with van der Waals surface area (Å²) >= 11 is 0. The van der Waals surface area contributed by atoms with E-state index in [1.807, 2.05) is 0 Å². The standard InChI is InChI=1S/C22H15N3O5/c26-19(24-16-5-1-4-15(9-16)22(29)30)14-6-7-17-18(10-14)21(28)25(20(17)27)12-13-3-2-8-23-11-13/h1-11H,12H2,(H,24,26)(H,29,30). The zero-order chi connectivity index (χ0) is 21.3. The van der Waals surface area contributed by atoms with Gasteiger partial charge >= 0.3 is 5.97 Å². The van der Waals surface area contributed by atoms with E-state index >= 15 is 0 Å². The van der Waals surface area contributed by atoms with Gasteiger partial charge in [-0.15, -0.1) is 0 Å². The Morgan fingerprint density at radius 1 is 0.933 bits per heavy atom. The fourth-order valence-corrected chi connectivity index (χ4v) is 3.18. The van der Waals surface area contributed by atoms with Gasteiger partial charge in [0, 0.05) is 23.6 Å². The third-order valence-corrected chi connectivity index (χ3v) is 4.66. The van der Waals surface area contributed by atoms with Crippen LogP contribution in [0.4, 0.5) is 5.69 Å². The van der Waals surface area contributed by atoms with Crippen LogP contribution in [0.3, 0.4) is 0 Å². The molecule has 0 atom stereocenters. The number of hydrogen-bond donors (Lipinski definition) is 2. The van der Waals surface area contributed by atoms with Gasteiger partial charge in [0.2, 0.25) is 0 Å². The molecule has 2 aromatic carbocycles. The van der Waals surface area contributed by atoms with Crippen molar-refractivity contribution in [2.75, 3.05) is 5.32 Å². The van der Waals surface area contributed by atoms with Crippen LogP contribution >= 0.6 is 0 Å². The molecule has 148 valence electrons. The molecule has 0 aliphatic carbocycles. The van der Waals surface area contributed by atoms with Crippen molar-refractivity contribution in [1.29, 1.82) is 0 Å². The number of hydrogen-bond acceptors (Lipinski definition) is 5. The van der Waals surface area contributed by atoms with Crippen LogP contribution in [0.2, 0.25) is 0 Å². The first-order valence-corrected chi connectivity index (χ1v) is 8.98. The maximum atomic E-state index is 12.8. The van der Waals surface area contributed by atoms with Gasteiger partial charge in [0.05, 0.1) is 23.2 Å². The van der Waals surface area contributed by atoms with Crippen molar-refractivity contribution in [3.05, 3.63) is 94.8 Å². The highest BCUT2D eigenvalue weighted by atomic mass is 16.4. The first-order valence-electron chi connectivity index (χ1n) is 8.98. The SMILES string of the molecule is O=C(O)c1cccc(NC(=O)c2ccc3c(c2)C(=O)N(Cc2cccnc2)C3=O)c1. The number of rotatable bonds is 5. The molecule has 0 radical (unpaired) electrons. The molecule has 0 unspecified atom stereocenters. The first kappa shape index (κ1) is 19.0. The molecule has 30 heavy (non-hydrogen) atoms. The number of nitrogens with zero attached hydrogens (tertiary/aromatic N) is 2. The Balaban J connectivity index is 1.56. The van der Waals surface area contributed by atoms with Crippen molar-refractivity contribution in [2.24, 2.45) is 0 Å². The Hall–Kier alpha value is -4.33. The van der Waals surface area contributed by atoms with E-state index in [1.54, 1.807) is 30.6 Å². The lowest BCUT2D eigenvalue weighted by molar-refractivity contribution is 0.0639. The number of carbonyl (C=O) groups excluding carboxylic acids is 3. The third-order valence-electron chi connectivity index (χ3n) is 4.66. The number of fused-ring (bicyclic) bond motifs is 1. The number of aromatic nitrogens is 1. The van der Waals surface area contributed by atoms with E-state index in [4.69, 9.17) is 5.11 Å². The van der Waals surface area contributed by atoms with Crippen molar-refractivity contribution in [3.8, 4) is 0 Å². The molecule has 1 aliphatic rings. The molecule has 0 spiro atoms. The minimum atomic E-state index is -1.11. The van der Waals surface area contributed by atoms with Crippen molar-refractivity contribution >= 4 is 29.4 Å². The van der Waals surface area contributed by atoms with Gasteiger partial charge < -0.3 is 10.4 Å². The molecule has 3 aromatic rings. The molecular weight excluding hydrogens is 386 g/mol. The van der Waals surface area contributed by atoms with E-state index in [9.17, 15) is 19.2 Å². The Kier molecular flexibility index (Phi) is 4.81. The van der Waals surface area contributed by atoms with Crippen LogP contribution in [-0.2, 0) is 6.54 Å². The summed E-state index contributed by atoms with van der Waals surface area (Å²) in [5, 5.41) is 11.7. The van der Waals surface area contributed by atoms with Crippen LogP contribution < -0.4 is 5.32 Å². The normalized spacial score (nSPS) is 12.6. The predicted molar refractivity (Wildman–Crippen MR) is 106 cm³/mol. The van der Waals surface area contributed by atoms with Gasteiger partial charge in [-0.1, -0.05) is 12.1 Å². The summed E-state index contributed by atoms with van der Waals surface area (Å²) in [5.41, 5.74) is 1.61. The average molecular weight is 401 g/mol. The summed E-state index contributed by atoms with van der Waals surface area (Å²) in [4.78, 5) is 54.1. The van der Waals surface area contributed by atoms with Crippen LogP contribution in [0.25, 0.3) is 0 Å². The van der Waals surface area contributed by atoms with E-state index in [-0.39, 0.29) is 28.8 Å². The summed E-state index contributed by atoms with van der Waals surface area (Å²) in [5.74, 6) is -2.55. The Labute approximate surface area is 170 Å². The summed E-state index contributed by atoms with van der Waals surface area (Å²) in [6.45, 7) is 0.0870. The van der Waals surface area contributed by atoms with Crippen molar-refractivity contribution in [2.45, 2.75) is 6.54 Å². The number of carboxylic acids is 1. The molecule has 1 aliphatic heterocycles. The number of benzene rings is 2. The maximum Gasteiger partial charge on any atom is 0.335 e. The Bertz CT molecular complexity index is 1190. The van der Waals surface area contributed by atoms with E-state index in [2.05, 4.69) is 10.3 Å². The smallest absolute Gasteiger partial charge is 0.335 e. The molecule has 0 saturated carbocycles. The number of carboxylic acid groups (broad SMARTS) is 1. The van der Waals surface area contributed by atoms with Crippen molar-refractivity contribution < 1.29 is 24.3 Å². The zero-order valence-electron chi connectivity index (χ0n) is 15.5. The van der Waals surface area contributed by atoms with Crippen LogP contribution in [0.1, 0.15) is 47.0 Å². The molecule has 0 bridgehead atoms. The summed E-state index contributed by atoms with van der Waals surface area (Å²) < 4.78 is 0. The molecule has 0 fully saturated rings. The van der Waals surface area contributed by atoms with Crippen LogP contribution in [0.15, 0.2) is 67.0 Å². The minimum absolute atomic E-state index is 0.0357. The fraction of sp³-hybridized carbons (Fsp3) is 0.0455. The number of amides is 3. The second-order valence-electron chi connectivity index (χ2n) is 6.66. The lowest BCUT2D eigenvalue weighted by Gasteiger charge is -2.13. The zero-order valence-corrected chi connectivity index (χ0v) is 15.5. The summed E-state index contributed by atoms with van der Waals surface area (Å²) in [6, 6.07) is 13.6. The van der Waals surface area contributed by atoms with Crippen LogP contribution in [-0.4, -0.2) is 38.7 Å². The fourth-order valence-electron chi connectivity index (χ4n) is 3.18. The summed E-state index contributed by atoms with van der Waals surface area (Å²) in [7, 11) is 0. The quantitative estimate of drug-likeness (QED) is 0.635. The van der Waals surface area contributed by atoms with E-state index < -0.39 is 23.7 Å². The predicted octanol–water partition coefficient (Wildman–Crippen LogP) is 2.83. The Morgan fingerprint density at radius 3 is 2.47 bits per heavy atom. The van der Waals surface area contributed by atoms with Gasteiger partial charge in [0.25, 0.3) is 17.7 Å². The van der Waals surface area contributed by atoms with Crippen LogP contribution in [0.5, 0.6) is 0 Å². The number of aromatic carboxylic acids is 1. The lowest BCUT2D eigenvalue weighted by Crippen LogP contribution is -2.29. The molecule has 0 saturated heterocycles.